The fourth-order valence-corrected chi connectivity index (χ4v) is 2.08. The van der Waals surface area contributed by atoms with E-state index in [2.05, 4.69) is 6.92 Å². The minimum absolute atomic E-state index is 0. The summed E-state index contributed by atoms with van der Waals surface area (Å²) in [6, 6.07) is 0. The van der Waals surface area contributed by atoms with E-state index in [1.54, 1.807) is 6.08 Å². The molecule has 0 aromatic heterocycles. The molecule has 0 aromatic rings. The summed E-state index contributed by atoms with van der Waals surface area (Å²) in [4.78, 5) is 21.3. The third-order valence-electron chi connectivity index (χ3n) is 3.30. The van der Waals surface area contributed by atoms with E-state index in [-0.39, 0.29) is 57.8 Å². The molecule has 118 valence electrons. The Labute approximate surface area is 170 Å². The Kier molecular flexibility index (Phi) is 18.7. The fraction of sp³-hybridized carbons (Fsp3) is 0.750. The van der Waals surface area contributed by atoms with Crippen LogP contribution in [-0.2, 0) is 9.59 Å². The number of aliphatic carboxylic acids is 2. The van der Waals surface area contributed by atoms with Gasteiger partial charge in [0, 0.05) is 0 Å². The van der Waals surface area contributed by atoms with Crippen LogP contribution in [0, 0.1) is 5.92 Å². The molecule has 0 heterocycles. The number of unbranched alkanes of at least 4 members (excludes halogenated alkanes) is 8. The van der Waals surface area contributed by atoms with Crippen molar-refractivity contribution in [3.05, 3.63) is 12.2 Å². The van der Waals surface area contributed by atoms with Gasteiger partial charge >= 0.3 is 63.3 Å². The summed E-state index contributed by atoms with van der Waals surface area (Å²) >= 11 is 0. The molecule has 0 aliphatic rings. The number of carboxylic acids is 2. The molecule has 0 fully saturated rings. The zero-order chi connectivity index (χ0) is 15.2. The Morgan fingerprint density at radius 2 is 1.48 bits per heavy atom. The van der Waals surface area contributed by atoms with Crippen molar-refractivity contribution in [2.45, 2.75) is 71.1 Å². The molecule has 1 atom stereocenters. The van der Waals surface area contributed by atoms with Gasteiger partial charge in [0.15, 0.2) is 0 Å². The van der Waals surface area contributed by atoms with Crippen LogP contribution in [0.4, 0.5) is 0 Å². The van der Waals surface area contributed by atoms with E-state index in [1.807, 2.05) is 0 Å². The molecule has 0 amide bonds. The second-order valence-corrected chi connectivity index (χ2v) is 5.23. The van der Waals surface area contributed by atoms with Crippen LogP contribution >= 0.6 is 0 Å². The van der Waals surface area contributed by atoms with Crippen molar-refractivity contribution in [2.24, 2.45) is 5.92 Å². The van der Waals surface area contributed by atoms with Crippen LogP contribution in [0.1, 0.15) is 71.1 Å². The molecular weight excluding hydrogens is 295 g/mol. The van der Waals surface area contributed by atoms with Gasteiger partial charge in [0.05, 0.1) is 12.3 Å². The monoisotopic (exact) mass is 324 g/mol. The topological polar surface area (TPSA) is 74.6 Å². The molecule has 0 radical (unpaired) electrons. The molecule has 0 spiro atoms. The molecule has 21 heavy (non-hydrogen) atoms. The molecule has 2 N–H and O–H groups in total. The van der Waals surface area contributed by atoms with Crippen LogP contribution in [-0.4, -0.2) is 73.5 Å². The molecule has 0 aromatic carbocycles. The fourth-order valence-electron chi connectivity index (χ4n) is 2.08. The first-order valence-electron chi connectivity index (χ1n) is 7.69. The standard InChI is InChI=1S/C16H28O4.K.H/c1-2-3-4-5-6-7-8-9-10-11-12-14(16(19)20)13-15(17)18;;/h11-12,14H,2-10,13H2,1H3,(H,17,18)(H,19,20);;. The zero-order valence-corrected chi connectivity index (χ0v) is 12.5. The van der Waals surface area contributed by atoms with Crippen molar-refractivity contribution < 1.29 is 19.8 Å². The van der Waals surface area contributed by atoms with Crippen molar-refractivity contribution in [3.63, 3.8) is 0 Å². The van der Waals surface area contributed by atoms with Crippen molar-refractivity contribution in [1.82, 2.24) is 0 Å². The summed E-state index contributed by atoms with van der Waals surface area (Å²) in [6.07, 6.45) is 13.7. The Hall–Kier alpha value is 0.316. The van der Waals surface area contributed by atoms with Crippen molar-refractivity contribution >= 4 is 63.3 Å². The molecule has 0 rings (SSSR count). The summed E-state index contributed by atoms with van der Waals surface area (Å²) in [7, 11) is 0. The van der Waals surface area contributed by atoms with Crippen LogP contribution in [0.25, 0.3) is 0 Å². The van der Waals surface area contributed by atoms with E-state index in [4.69, 9.17) is 10.2 Å². The molecule has 0 saturated heterocycles. The first kappa shape index (κ1) is 23.6. The van der Waals surface area contributed by atoms with Crippen LogP contribution in [0.2, 0.25) is 0 Å². The van der Waals surface area contributed by atoms with Gasteiger partial charge in [0.2, 0.25) is 0 Å². The zero-order valence-electron chi connectivity index (χ0n) is 12.5. The maximum absolute atomic E-state index is 10.8. The Bertz CT molecular complexity index is 303. The van der Waals surface area contributed by atoms with E-state index in [0.717, 1.165) is 19.3 Å². The minimum atomic E-state index is -1.07. The van der Waals surface area contributed by atoms with Crippen LogP contribution in [0.5, 0.6) is 0 Å². The van der Waals surface area contributed by atoms with E-state index >= 15 is 0 Å². The summed E-state index contributed by atoms with van der Waals surface area (Å²) in [5, 5.41) is 17.4. The molecule has 1 unspecified atom stereocenters. The first-order chi connectivity index (χ1) is 9.57. The van der Waals surface area contributed by atoms with Crippen molar-refractivity contribution in [1.29, 1.82) is 0 Å². The third kappa shape index (κ3) is 16.5. The van der Waals surface area contributed by atoms with E-state index in [9.17, 15) is 9.59 Å². The van der Waals surface area contributed by atoms with Gasteiger partial charge in [-0.3, -0.25) is 9.59 Å². The van der Waals surface area contributed by atoms with Gasteiger partial charge in [0.25, 0.3) is 0 Å². The van der Waals surface area contributed by atoms with Crippen LogP contribution in [0.3, 0.4) is 0 Å². The molecule has 0 aliphatic heterocycles. The number of hydrogen-bond donors (Lipinski definition) is 2. The van der Waals surface area contributed by atoms with Gasteiger partial charge in [-0.1, -0.05) is 64.0 Å². The number of carbonyl (C=O) groups is 2. The maximum atomic E-state index is 10.8. The Morgan fingerprint density at radius 1 is 0.952 bits per heavy atom. The van der Waals surface area contributed by atoms with Crippen LogP contribution < -0.4 is 0 Å². The second-order valence-electron chi connectivity index (χ2n) is 5.23. The predicted octanol–water partition coefficient (Wildman–Crippen LogP) is 3.60. The molecule has 4 nitrogen and oxygen atoms in total. The average molecular weight is 325 g/mol. The molecular formula is C16H29KO4. The SMILES string of the molecule is CCCCCCCCCCC=CC(CC(=O)O)C(=O)O.[KH]. The average Bonchev–Trinajstić information content (AvgIpc) is 2.39. The summed E-state index contributed by atoms with van der Waals surface area (Å²) in [5.41, 5.74) is 0. The quantitative estimate of drug-likeness (QED) is 0.308. The van der Waals surface area contributed by atoms with E-state index in [1.165, 1.54) is 44.6 Å². The molecule has 0 saturated carbocycles. The summed E-state index contributed by atoms with van der Waals surface area (Å²) < 4.78 is 0. The number of allylic oxidation sites excluding steroid dienone is 1. The second kappa shape index (κ2) is 16.7. The van der Waals surface area contributed by atoms with Gasteiger partial charge in [-0.2, -0.15) is 0 Å². The summed E-state index contributed by atoms with van der Waals surface area (Å²) in [6.45, 7) is 2.21. The van der Waals surface area contributed by atoms with Gasteiger partial charge in [-0.05, 0) is 12.8 Å². The molecule has 0 aliphatic carbocycles. The Morgan fingerprint density at radius 3 is 1.95 bits per heavy atom. The van der Waals surface area contributed by atoms with Gasteiger partial charge in [-0.25, -0.2) is 0 Å². The number of rotatable bonds is 13. The third-order valence-corrected chi connectivity index (χ3v) is 3.30. The van der Waals surface area contributed by atoms with Gasteiger partial charge in [0.1, 0.15) is 0 Å². The predicted molar refractivity (Wildman–Crippen MR) is 86.9 cm³/mol. The number of hydrogen-bond acceptors (Lipinski definition) is 2. The van der Waals surface area contributed by atoms with Crippen molar-refractivity contribution in [3.8, 4) is 0 Å². The number of carboxylic acid groups (broad SMARTS) is 2. The normalized spacial score (nSPS) is 12.0. The van der Waals surface area contributed by atoms with E-state index in [0.29, 0.717) is 0 Å². The summed E-state index contributed by atoms with van der Waals surface area (Å²) in [5.74, 6) is -3.05. The first-order valence-corrected chi connectivity index (χ1v) is 7.69. The van der Waals surface area contributed by atoms with E-state index < -0.39 is 17.9 Å². The molecule has 0 bridgehead atoms. The molecule has 5 heteroatoms. The van der Waals surface area contributed by atoms with Crippen LogP contribution in [0.15, 0.2) is 12.2 Å². The Balaban J connectivity index is 0. The van der Waals surface area contributed by atoms with Crippen molar-refractivity contribution in [2.75, 3.05) is 0 Å². The van der Waals surface area contributed by atoms with Gasteiger partial charge in [-0.15, -0.1) is 0 Å². The van der Waals surface area contributed by atoms with Gasteiger partial charge < -0.3 is 10.2 Å².